The van der Waals surface area contributed by atoms with Crippen LogP contribution in [0.4, 0.5) is 0 Å². The first-order valence-electron chi connectivity index (χ1n) is 7.30. The fourth-order valence-corrected chi connectivity index (χ4v) is 2.85. The van der Waals surface area contributed by atoms with Gasteiger partial charge in [-0.05, 0) is 31.7 Å². The van der Waals surface area contributed by atoms with Gasteiger partial charge in [-0.3, -0.25) is 9.59 Å². The molecular weight excluding hydrogens is 244 g/mol. The fraction of sp³-hybridized carbons (Fsp3) is 0.857. The van der Waals surface area contributed by atoms with Crippen molar-refractivity contribution in [3.63, 3.8) is 0 Å². The van der Waals surface area contributed by atoms with E-state index in [2.05, 4.69) is 5.32 Å². The summed E-state index contributed by atoms with van der Waals surface area (Å²) < 4.78 is 0. The van der Waals surface area contributed by atoms with E-state index < -0.39 is 11.9 Å². The van der Waals surface area contributed by atoms with E-state index in [9.17, 15) is 9.59 Å². The Morgan fingerprint density at radius 1 is 1.37 bits per heavy atom. The van der Waals surface area contributed by atoms with E-state index >= 15 is 0 Å². The zero-order chi connectivity index (χ0) is 14.3. The van der Waals surface area contributed by atoms with Crippen molar-refractivity contribution in [1.29, 1.82) is 0 Å². The summed E-state index contributed by atoms with van der Waals surface area (Å²) in [6.07, 6.45) is 5.48. The molecule has 19 heavy (non-hydrogen) atoms. The molecule has 1 amide bonds. The normalized spacial score (nSPS) is 24.7. The molecule has 0 aromatic carbocycles. The Morgan fingerprint density at radius 2 is 2.05 bits per heavy atom. The first-order chi connectivity index (χ1) is 9.10. The van der Waals surface area contributed by atoms with Gasteiger partial charge in [0, 0.05) is 12.5 Å². The van der Waals surface area contributed by atoms with Crippen LogP contribution < -0.4 is 11.1 Å². The Morgan fingerprint density at radius 3 is 2.63 bits per heavy atom. The Hall–Kier alpha value is -1.10. The second kappa shape index (κ2) is 8.15. The minimum atomic E-state index is -0.832. The number of nitrogens with one attached hydrogen (secondary N) is 1. The molecule has 3 atom stereocenters. The summed E-state index contributed by atoms with van der Waals surface area (Å²) in [6.45, 7) is 2.72. The summed E-state index contributed by atoms with van der Waals surface area (Å²) in [5.74, 6) is -1.11. The lowest BCUT2D eigenvalue weighted by Gasteiger charge is -2.29. The van der Waals surface area contributed by atoms with E-state index in [-0.39, 0.29) is 24.3 Å². The van der Waals surface area contributed by atoms with Crippen LogP contribution in [0.1, 0.15) is 45.4 Å². The zero-order valence-electron chi connectivity index (χ0n) is 11.7. The van der Waals surface area contributed by atoms with Gasteiger partial charge in [-0.15, -0.1) is 0 Å². The third-order valence-electron chi connectivity index (χ3n) is 4.06. The van der Waals surface area contributed by atoms with E-state index in [0.29, 0.717) is 13.0 Å². The Kier molecular flexibility index (Phi) is 6.84. The van der Waals surface area contributed by atoms with E-state index in [0.717, 1.165) is 32.1 Å². The number of amides is 1. The van der Waals surface area contributed by atoms with Crippen LogP contribution in [0.15, 0.2) is 0 Å². The highest BCUT2D eigenvalue weighted by molar-refractivity contribution is 5.80. The van der Waals surface area contributed by atoms with E-state index in [1.807, 2.05) is 6.92 Å². The Balaban J connectivity index is 2.46. The summed E-state index contributed by atoms with van der Waals surface area (Å²) >= 11 is 0. The number of hydrogen-bond donors (Lipinski definition) is 3. The standard InChI is InChI=1S/C14H26N2O3/c1-2-5-11(14(18)19)9-16-13(17)12-7-4-3-6-10(12)8-15/h10-12H,2-9,15H2,1H3,(H,16,17)(H,18,19). The summed E-state index contributed by atoms with van der Waals surface area (Å²) in [7, 11) is 0. The van der Waals surface area contributed by atoms with Gasteiger partial charge in [-0.2, -0.15) is 0 Å². The quantitative estimate of drug-likeness (QED) is 0.651. The van der Waals surface area contributed by atoms with Crippen LogP contribution in [0.5, 0.6) is 0 Å². The molecule has 0 saturated heterocycles. The molecule has 1 aliphatic rings. The molecule has 0 bridgehead atoms. The second-order valence-electron chi connectivity index (χ2n) is 5.46. The molecule has 0 aliphatic heterocycles. The van der Waals surface area contributed by atoms with Gasteiger partial charge in [0.25, 0.3) is 0 Å². The van der Waals surface area contributed by atoms with E-state index in [1.165, 1.54) is 0 Å². The molecule has 0 aromatic heterocycles. The molecular formula is C14H26N2O3. The molecule has 5 nitrogen and oxygen atoms in total. The van der Waals surface area contributed by atoms with Gasteiger partial charge in [0.15, 0.2) is 0 Å². The zero-order valence-corrected chi connectivity index (χ0v) is 11.7. The van der Waals surface area contributed by atoms with Gasteiger partial charge in [-0.25, -0.2) is 0 Å². The Labute approximate surface area is 114 Å². The first kappa shape index (κ1) is 16.0. The number of carbonyl (C=O) groups is 2. The van der Waals surface area contributed by atoms with Crippen molar-refractivity contribution in [2.45, 2.75) is 45.4 Å². The minimum Gasteiger partial charge on any atom is -0.481 e. The van der Waals surface area contributed by atoms with Crippen LogP contribution in [-0.2, 0) is 9.59 Å². The van der Waals surface area contributed by atoms with Gasteiger partial charge >= 0.3 is 5.97 Å². The smallest absolute Gasteiger partial charge is 0.308 e. The molecule has 110 valence electrons. The molecule has 1 fully saturated rings. The molecule has 1 rings (SSSR count). The molecule has 0 spiro atoms. The van der Waals surface area contributed by atoms with Crippen molar-refractivity contribution < 1.29 is 14.7 Å². The lowest BCUT2D eigenvalue weighted by molar-refractivity contribution is -0.142. The number of carbonyl (C=O) groups excluding carboxylic acids is 1. The van der Waals surface area contributed by atoms with Gasteiger partial charge in [0.1, 0.15) is 0 Å². The van der Waals surface area contributed by atoms with E-state index in [4.69, 9.17) is 10.8 Å². The maximum Gasteiger partial charge on any atom is 0.308 e. The summed E-state index contributed by atoms with van der Waals surface area (Å²) in [5.41, 5.74) is 5.71. The lowest BCUT2D eigenvalue weighted by atomic mass is 9.78. The maximum atomic E-state index is 12.1. The molecule has 0 aromatic rings. The molecule has 1 saturated carbocycles. The molecule has 0 heterocycles. The summed E-state index contributed by atoms with van der Waals surface area (Å²) in [5, 5.41) is 11.9. The lowest BCUT2D eigenvalue weighted by Crippen LogP contribution is -2.42. The third kappa shape index (κ3) is 4.82. The number of nitrogens with two attached hydrogens (primary N) is 1. The summed E-state index contributed by atoms with van der Waals surface area (Å²) in [6, 6.07) is 0. The number of carboxylic acids is 1. The van der Waals surface area contributed by atoms with Crippen LogP contribution in [0.25, 0.3) is 0 Å². The van der Waals surface area contributed by atoms with Gasteiger partial charge in [0.05, 0.1) is 5.92 Å². The molecule has 4 N–H and O–H groups in total. The van der Waals surface area contributed by atoms with Gasteiger partial charge < -0.3 is 16.2 Å². The topological polar surface area (TPSA) is 92.4 Å². The number of rotatable bonds is 7. The van der Waals surface area contributed by atoms with Crippen molar-refractivity contribution in [1.82, 2.24) is 5.32 Å². The number of aliphatic carboxylic acids is 1. The van der Waals surface area contributed by atoms with Crippen LogP contribution in [-0.4, -0.2) is 30.1 Å². The van der Waals surface area contributed by atoms with Crippen molar-refractivity contribution in [3.05, 3.63) is 0 Å². The van der Waals surface area contributed by atoms with Gasteiger partial charge in [-0.1, -0.05) is 26.2 Å². The first-order valence-corrected chi connectivity index (χ1v) is 7.30. The summed E-state index contributed by atoms with van der Waals surface area (Å²) in [4.78, 5) is 23.2. The largest absolute Gasteiger partial charge is 0.481 e. The number of hydrogen-bond acceptors (Lipinski definition) is 3. The average Bonchev–Trinajstić information content (AvgIpc) is 2.42. The monoisotopic (exact) mass is 270 g/mol. The van der Waals surface area contributed by atoms with Crippen molar-refractivity contribution in [3.8, 4) is 0 Å². The van der Waals surface area contributed by atoms with Crippen molar-refractivity contribution in [2.24, 2.45) is 23.5 Å². The second-order valence-corrected chi connectivity index (χ2v) is 5.46. The highest BCUT2D eigenvalue weighted by Crippen LogP contribution is 2.29. The third-order valence-corrected chi connectivity index (χ3v) is 4.06. The minimum absolute atomic E-state index is 0.0162. The predicted octanol–water partition coefficient (Wildman–Crippen LogP) is 1.37. The molecule has 3 unspecified atom stereocenters. The molecule has 5 heteroatoms. The molecule has 0 radical (unpaired) electrons. The Bertz CT molecular complexity index is 307. The van der Waals surface area contributed by atoms with Crippen LogP contribution in [0.3, 0.4) is 0 Å². The predicted molar refractivity (Wildman–Crippen MR) is 73.5 cm³/mol. The average molecular weight is 270 g/mol. The highest BCUT2D eigenvalue weighted by Gasteiger charge is 2.30. The van der Waals surface area contributed by atoms with Crippen LogP contribution in [0.2, 0.25) is 0 Å². The van der Waals surface area contributed by atoms with E-state index in [1.54, 1.807) is 0 Å². The highest BCUT2D eigenvalue weighted by atomic mass is 16.4. The van der Waals surface area contributed by atoms with Crippen molar-refractivity contribution >= 4 is 11.9 Å². The SMILES string of the molecule is CCCC(CNC(=O)C1CCCCC1CN)C(=O)O. The fourth-order valence-electron chi connectivity index (χ4n) is 2.85. The van der Waals surface area contributed by atoms with Crippen LogP contribution >= 0.6 is 0 Å². The maximum absolute atomic E-state index is 12.1. The molecule has 1 aliphatic carbocycles. The van der Waals surface area contributed by atoms with Crippen LogP contribution in [0, 0.1) is 17.8 Å². The number of carboxylic acid groups (broad SMARTS) is 1. The van der Waals surface area contributed by atoms with Crippen molar-refractivity contribution in [2.75, 3.05) is 13.1 Å². The van der Waals surface area contributed by atoms with Gasteiger partial charge in [0.2, 0.25) is 5.91 Å².